The van der Waals surface area contributed by atoms with Gasteiger partial charge in [-0.15, -0.1) is 0 Å². The number of rotatable bonds is 14. The fraction of sp³-hybridized carbons (Fsp3) is 0.632. The van der Waals surface area contributed by atoms with Crippen molar-refractivity contribution < 1.29 is 28.5 Å². The minimum atomic E-state index is -0.611. The summed E-state index contributed by atoms with van der Waals surface area (Å²) in [4.78, 5) is 29.7. The van der Waals surface area contributed by atoms with Crippen LogP contribution in [0.5, 0.6) is 11.5 Å². The first kappa shape index (κ1) is 39.3. The van der Waals surface area contributed by atoms with E-state index < -0.39 is 10.8 Å². The number of benzene rings is 2. The Labute approximate surface area is 288 Å². The molecule has 2 fully saturated rings. The van der Waals surface area contributed by atoms with Gasteiger partial charge in [-0.1, -0.05) is 50.2 Å². The quantitative estimate of drug-likeness (QED) is 0.309. The zero-order chi connectivity index (χ0) is 35.5. The molecular formula is C38H60N4O6. The molecule has 0 aromatic heterocycles. The standard InChI is InChI=1S/2C19H30N2O3/c2*1-6-14-9-7-8-10-16(14)24-13-19(2,3)18(22)20-15-11-21(4)12-17(15)23-5/h2*7-10,15,17H,6,11-13H2,1-5H3,(H,20,22)/t2*15-,17-/m10/s1. The SMILES string of the molecule is CCc1ccccc1OCC(C)(C)C(=O)N[C@@H]1CN(C)C[C@H]1OC.CCc1ccccc1OCC(C)(C)C(=O)N[C@H]1CN(C)C[C@@H]1OC. The highest BCUT2D eigenvalue weighted by Crippen LogP contribution is 2.25. The second-order valence-electron chi connectivity index (χ2n) is 14.4. The van der Waals surface area contributed by atoms with Crippen molar-refractivity contribution in [3.8, 4) is 11.5 Å². The van der Waals surface area contributed by atoms with Crippen LogP contribution in [0.3, 0.4) is 0 Å². The molecule has 0 radical (unpaired) electrons. The summed E-state index contributed by atoms with van der Waals surface area (Å²) in [5.74, 6) is 1.71. The molecule has 0 spiro atoms. The van der Waals surface area contributed by atoms with Crippen molar-refractivity contribution in [2.45, 2.75) is 78.7 Å². The third-order valence-electron chi connectivity index (χ3n) is 9.25. The highest BCUT2D eigenvalue weighted by atomic mass is 16.5. The van der Waals surface area contributed by atoms with Gasteiger partial charge in [0.05, 0.1) is 35.1 Å². The van der Waals surface area contributed by atoms with E-state index >= 15 is 0 Å². The lowest BCUT2D eigenvalue weighted by Crippen LogP contribution is -2.50. The summed E-state index contributed by atoms with van der Waals surface area (Å²) >= 11 is 0. The van der Waals surface area contributed by atoms with Gasteiger partial charge in [-0.3, -0.25) is 9.59 Å². The van der Waals surface area contributed by atoms with Gasteiger partial charge in [-0.2, -0.15) is 0 Å². The van der Waals surface area contributed by atoms with Crippen LogP contribution >= 0.6 is 0 Å². The van der Waals surface area contributed by atoms with Crippen LogP contribution in [-0.2, 0) is 31.9 Å². The number of aryl methyl sites for hydroxylation is 2. The Balaban J connectivity index is 0.000000260. The minimum absolute atomic E-state index is 0.00108. The van der Waals surface area contributed by atoms with Gasteiger partial charge in [0.25, 0.3) is 0 Å². The van der Waals surface area contributed by atoms with Gasteiger partial charge in [0.1, 0.15) is 24.7 Å². The maximum absolute atomic E-state index is 12.7. The normalized spacial score (nSPS) is 21.7. The lowest BCUT2D eigenvalue weighted by Gasteiger charge is -2.28. The molecule has 2 aromatic carbocycles. The summed E-state index contributed by atoms with van der Waals surface area (Å²) in [6, 6.07) is 16.0. The Bertz CT molecular complexity index is 1220. The number of hydrogen-bond donors (Lipinski definition) is 2. The summed E-state index contributed by atoms with van der Waals surface area (Å²) in [5, 5.41) is 6.26. The number of likely N-dealkylation sites (tertiary alicyclic amines) is 2. The number of carbonyl (C=O) groups excluding carboxylic acids is 2. The van der Waals surface area contributed by atoms with E-state index in [2.05, 4.69) is 46.4 Å². The fourth-order valence-electron chi connectivity index (χ4n) is 5.93. The number of nitrogens with one attached hydrogen (secondary N) is 2. The van der Waals surface area contributed by atoms with Gasteiger partial charge in [0.2, 0.25) is 11.8 Å². The highest BCUT2D eigenvalue weighted by molar-refractivity contribution is 5.83. The Morgan fingerprint density at radius 2 is 1.02 bits per heavy atom. The van der Waals surface area contributed by atoms with Crippen LogP contribution in [0.1, 0.15) is 52.7 Å². The molecule has 4 rings (SSSR count). The Morgan fingerprint density at radius 3 is 1.35 bits per heavy atom. The molecule has 4 atom stereocenters. The molecule has 2 saturated heterocycles. The molecule has 2 aromatic rings. The van der Waals surface area contributed by atoms with E-state index in [1.165, 1.54) is 0 Å². The van der Waals surface area contributed by atoms with Gasteiger partial charge in [0.15, 0.2) is 0 Å². The van der Waals surface area contributed by atoms with Gasteiger partial charge < -0.3 is 39.4 Å². The second kappa shape index (κ2) is 18.0. The maximum atomic E-state index is 12.7. The maximum Gasteiger partial charge on any atom is 0.229 e. The summed E-state index contributed by atoms with van der Waals surface area (Å²) in [7, 11) is 7.46. The van der Waals surface area contributed by atoms with E-state index in [0.29, 0.717) is 13.2 Å². The van der Waals surface area contributed by atoms with Crippen LogP contribution in [0.4, 0.5) is 0 Å². The molecule has 10 heteroatoms. The predicted molar refractivity (Wildman–Crippen MR) is 191 cm³/mol. The van der Waals surface area contributed by atoms with E-state index in [4.69, 9.17) is 18.9 Å². The Kier molecular flexibility index (Phi) is 14.7. The number of likely N-dealkylation sites (N-methyl/N-ethyl adjacent to an activating group) is 2. The largest absolute Gasteiger partial charge is 0.492 e. The number of nitrogens with zero attached hydrogens (tertiary/aromatic N) is 2. The molecule has 0 unspecified atom stereocenters. The predicted octanol–water partition coefficient (Wildman–Crippen LogP) is 4.20. The van der Waals surface area contributed by atoms with E-state index in [-0.39, 0.29) is 36.1 Å². The molecule has 48 heavy (non-hydrogen) atoms. The zero-order valence-corrected chi connectivity index (χ0v) is 30.9. The van der Waals surface area contributed by atoms with Crippen LogP contribution in [0.2, 0.25) is 0 Å². The zero-order valence-electron chi connectivity index (χ0n) is 30.9. The first-order chi connectivity index (χ1) is 22.7. The van der Waals surface area contributed by atoms with E-state index in [1.807, 2.05) is 78.2 Å². The molecule has 0 bridgehead atoms. The van der Waals surface area contributed by atoms with Crippen molar-refractivity contribution in [2.24, 2.45) is 10.8 Å². The first-order valence-electron chi connectivity index (χ1n) is 17.2. The van der Waals surface area contributed by atoms with E-state index in [0.717, 1.165) is 61.6 Å². The molecule has 10 nitrogen and oxygen atoms in total. The summed E-state index contributed by atoms with van der Waals surface area (Å²) in [6.07, 6.45) is 1.90. The van der Waals surface area contributed by atoms with Gasteiger partial charge in [-0.05, 0) is 77.9 Å². The number of methoxy groups -OCH3 is 2. The molecule has 2 aliphatic rings. The van der Waals surface area contributed by atoms with Gasteiger partial charge in [-0.25, -0.2) is 0 Å². The van der Waals surface area contributed by atoms with Gasteiger partial charge >= 0.3 is 0 Å². The van der Waals surface area contributed by atoms with Crippen molar-refractivity contribution in [3.05, 3.63) is 59.7 Å². The number of carbonyl (C=O) groups is 2. The number of ether oxygens (including phenoxy) is 4. The number of amides is 2. The Hall–Kier alpha value is -3.18. The smallest absolute Gasteiger partial charge is 0.229 e. The van der Waals surface area contributed by atoms with Crippen molar-refractivity contribution in [2.75, 3.05) is 67.7 Å². The van der Waals surface area contributed by atoms with E-state index in [9.17, 15) is 9.59 Å². The molecule has 268 valence electrons. The topological polar surface area (TPSA) is 102 Å². The van der Waals surface area contributed by atoms with Crippen LogP contribution in [-0.4, -0.2) is 114 Å². The van der Waals surface area contributed by atoms with Crippen LogP contribution in [0.25, 0.3) is 0 Å². The highest BCUT2D eigenvalue weighted by Gasteiger charge is 2.38. The van der Waals surface area contributed by atoms with Crippen LogP contribution < -0.4 is 20.1 Å². The third-order valence-corrected chi connectivity index (χ3v) is 9.25. The monoisotopic (exact) mass is 668 g/mol. The van der Waals surface area contributed by atoms with Crippen molar-refractivity contribution in [1.29, 1.82) is 0 Å². The molecule has 2 heterocycles. The third kappa shape index (κ3) is 10.9. The number of para-hydroxylation sites is 2. The van der Waals surface area contributed by atoms with Crippen molar-refractivity contribution >= 4 is 11.8 Å². The molecule has 0 saturated carbocycles. The Morgan fingerprint density at radius 1 is 0.667 bits per heavy atom. The summed E-state index contributed by atoms with van der Waals surface area (Å²) in [6.45, 7) is 15.8. The van der Waals surface area contributed by atoms with Crippen LogP contribution in [0, 0.1) is 10.8 Å². The van der Waals surface area contributed by atoms with Crippen LogP contribution in [0.15, 0.2) is 48.5 Å². The fourth-order valence-corrected chi connectivity index (χ4v) is 5.93. The second-order valence-corrected chi connectivity index (χ2v) is 14.4. The first-order valence-corrected chi connectivity index (χ1v) is 17.2. The molecule has 2 N–H and O–H groups in total. The molecule has 2 amide bonds. The molecule has 0 aliphatic carbocycles. The van der Waals surface area contributed by atoms with Gasteiger partial charge in [0, 0.05) is 40.4 Å². The lowest BCUT2D eigenvalue weighted by atomic mass is 9.93. The minimum Gasteiger partial charge on any atom is -0.492 e. The van der Waals surface area contributed by atoms with Crippen molar-refractivity contribution in [1.82, 2.24) is 20.4 Å². The van der Waals surface area contributed by atoms with E-state index in [1.54, 1.807) is 14.2 Å². The van der Waals surface area contributed by atoms with Crippen molar-refractivity contribution in [3.63, 3.8) is 0 Å². The molecule has 2 aliphatic heterocycles. The molecular weight excluding hydrogens is 608 g/mol. The average Bonchev–Trinajstić information content (AvgIpc) is 3.62. The lowest BCUT2D eigenvalue weighted by molar-refractivity contribution is -0.133. The average molecular weight is 669 g/mol. The summed E-state index contributed by atoms with van der Waals surface area (Å²) < 4.78 is 22.9. The number of hydrogen-bond acceptors (Lipinski definition) is 8. The summed E-state index contributed by atoms with van der Waals surface area (Å²) in [5.41, 5.74) is 1.09.